The van der Waals surface area contributed by atoms with Crippen LogP contribution in [0.3, 0.4) is 0 Å². The normalized spacial score (nSPS) is 12.2. The van der Waals surface area contributed by atoms with Crippen LogP contribution in [-0.4, -0.2) is 42.1 Å². The molecule has 0 aromatic carbocycles. The largest absolute Gasteiger partial charge is 0.392 e. The Morgan fingerprint density at radius 2 is 2.23 bits per heavy atom. The second-order valence-corrected chi connectivity index (χ2v) is 3.19. The fraction of sp³-hybridized carbons (Fsp3) is 0.750. The van der Waals surface area contributed by atoms with Crippen molar-refractivity contribution in [2.45, 2.75) is 19.9 Å². The molecule has 1 unspecified atom stereocenters. The maximum absolute atomic E-state index is 11.3. The van der Waals surface area contributed by atoms with E-state index in [1.807, 2.05) is 6.92 Å². The highest BCUT2D eigenvalue weighted by Crippen LogP contribution is 1.96. The van der Waals surface area contributed by atoms with Gasteiger partial charge in [0.05, 0.1) is 11.0 Å². The first-order chi connectivity index (χ1) is 6.00. The third-order valence-corrected chi connectivity index (χ3v) is 2.16. The van der Waals surface area contributed by atoms with E-state index in [1.165, 1.54) is 4.90 Å². The van der Waals surface area contributed by atoms with Gasteiger partial charge in [0.25, 0.3) is 0 Å². The number of rotatable bonds is 5. The molecule has 1 amide bonds. The van der Waals surface area contributed by atoms with Crippen LogP contribution in [0.2, 0.25) is 0 Å². The second-order valence-electron chi connectivity index (χ2n) is 2.72. The molecule has 0 spiro atoms. The van der Waals surface area contributed by atoms with E-state index in [2.05, 4.69) is 0 Å². The van der Waals surface area contributed by atoms with Crippen molar-refractivity contribution < 1.29 is 9.53 Å². The van der Waals surface area contributed by atoms with Crippen LogP contribution in [0.15, 0.2) is 0 Å². The van der Waals surface area contributed by atoms with Crippen LogP contribution in [0.4, 0.5) is 0 Å². The van der Waals surface area contributed by atoms with E-state index in [4.69, 9.17) is 22.7 Å². The molecule has 4 nitrogen and oxygen atoms in total. The molecule has 0 saturated heterocycles. The molecular formula is C8H16N2O2S. The summed E-state index contributed by atoms with van der Waals surface area (Å²) in [6, 6.07) is -0.219. The minimum Gasteiger partial charge on any atom is -0.392 e. The van der Waals surface area contributed by atoms with Crippen molar-refractivity contribution in [3.63, 3.8) is 0 Å². The molecule has 5 heteroatoms. The lowest BCUT2D eigenvalue weighted by Crippen LogP contribution is -2.44. The average Bonchev–Trinajstić information content (AvgIpc) is 2.11. The zero-order valence-corrected chi connectivity index (χ0v) is 9.06. The van der Waals surface area contributed by atoms with Crippen molar-refractivity contribution in [3.05, 3.63) is 0 Å². The molecule has 0 aromatic rings. The van der Waals surface area contributed by atoms with E-state index >= 15 is 0 Å². The van der Waals surface area contributed by atoms with Crippen LogP contribution in [-0.2, 0) is 9.53 Å². The number of carbonyl (C=O) groups is 1. The highest BCUT2D eigenvalue weighted by atomic mass is 32.1. The minimum absolute atomic E-state index is 0.0833. The number of ether oxygens (including phenoxy) is 1. The maximum Gasteiger partial charge on any atom is 0.248 e. The number of nitrogens with two attached hydrogens (primary N) is 1. The van der Waals surface area contributed by atoms with Crippen LogP contribution in [0, 0.1) is 0 Å². The van der Waals surface area contributed by atoms with Crippen LogP contribution in [0.1, 0.15) is 13.8 Å². The van der Waals surface area contributed by atoms with E-state index in [1.54, 1.807) is 14.0 Å². The van der Waals surface area contributed by atoms with Gasteiger partial charge in [0, 0.05) is 13.7 Å². The van der Waals surface area contributed by atoms with Crippen LogP contribution in [0.5, 0.6) is 0 Å². The lowest BCUT2D eigenvalue weighted by molar-refractivity contribution is -0.135. The van der Waals surface area contributed by atoms with Gasteiger partial charge in [-0.05, 0) is 13.8 Å². The molecule has 0 rings (SSSR count). The summed E-state index contributed by atoms with van der Waals surface area (Å²) < 4.78 is 4.97. The van der Waals surface area contributed by atoms with Gasteiger partial charge in [0.2, 0.25) is 5.91 Å². The Morgan fingerprint density at radius 3 is 2.62 bits per heavy atom. The summed E-state index contributed by atoms with van der Waals surface area (Å²) in [6.07, 6.45) is 0. The first kappa shape index (κ1) is 12.3. The van der Waals surface area contributed by atoms with E-state index in [0.717, 1.165) is 0 Å². The maximum atomic E-state index is 11.3. The summed E-state index contributed by atoms with van der Waals surface area (Å²) in [7, 11) is 1.66. The number of amides is 1. The Bertz CT molecular complexity index is 197. The van der Waals surface area contributed by atoms with Crippen LogP contribution in [0.25, 0.3) is 0 Å². The van der Waals surface area contributed by atoms with Gasteiger partial charge < -0.3 is 15.4 Å². The van der Waals surface area contributed by atoms with Gasteiger partial charge in [-0.3, -0.25) is 4.79 Å². The molecule has 2 N–H and O–H groups in total. The summed E-state index contributed by atoms with van der Waals surface area (Å²) >= 11 is 4.77. The van der Waals surface area contributed by atoms with Gasteiger partial charge in [0.15, 0.2) is 0 Å². The predicted molar refractivity (Wildman–Crippen MR) is 55.5 cm³/mol. The third-order valence-electron chi connectivity index (χ3n) is 1.82. The Kier molecular flexibility index (Phi) is 5.57. The average molecular weight is 204 g/mol. The minimum atomic E-state index is -0.219. The zero-order valence-electron chi connectivity index (χ0n) is 8.24. The zero-order chi connectivity index (χ0) is 10.4. The Morgan fingerprint density at radius 1 is 1.69 bits per heavy atom. The second kappa shape index (κ2) is 5.88. The number of hydrogen-bond donors (Lipinski definition) is 1. The van der Waals surface area contributed by atoms with Gasteiger partial charge in [-0.2, -0.15) is 0 Å². The first-order valence-electron chi connectivity index (χ1n) is 4.13. The summed E-state index contributed by atoms with van der Waals surface area (Å²) in [5.74, 6) is -0.109. The number of likely N-dealkylation sites (N-methyl/N-ethyl adjacent to an activating group) is 1. The molecule has 0 aliphatic rings. The molecule has 0 fully saturated rings. The molecular weight excluding hydrogens is 188 g/mol. The molecule has 0 radical (unpaired) electrons. The topological polar surface area (TPSA) is 55.6 Å². The van der Waals surface area contributed by atoms with Gasteiger partial charge in [0.1, 0.15) is 6.61 Å². The quantitative estimate of drug-likeness (QED) is 0.648. The van der Waals surface area contributed by atoms with E-state index in [9.17, 15) is 4.79 Å². The summed E-state index contributed by atoms with van der Waals surface area (Å²) in [5, 5.41) is 0. The molecule has 13 heavy (non-hydrogen) atoms. The monoisotopic (exact) mass is 204 g/mol. The molecule has 0 aliphatic carbocycles. The van der Waals surface area contributed by atoms with Gasteiger partial charge in [-0.15, -0.1) is 0 Å². The van der Waals surface area contributed by atoms with Crippen molar-refractivity contribution in [1.29, 1.82) is 0 Å². The van der Waals surface area contributed by atoms with Crippen LogP contribution >= 0.6 is 12.2 Å². The Hall–Kier alpha value is -0.680. The van der Waals surface area contributed by atoms with Crippen molar-refractivity contribution in [2.75, 3.05) is 20.3 Å². The molecule has 1 atom stereocenters. The lowest BCUT2D eigenvalue weighted by Gasteiger charge is -2.23. The summed E-state index contributed by atoms with van der Waals surface area (Å²) in [6.45, 7) is 4.23. The number of nitrogens with zero attached hydrogens (tertiary/aromatic N) is 1. The van der Waals surface area contributed by atoms with E-state index in [0.29, 0.717) is 11.6 Å². The number of hydrogen-bond acceptors (Lipinski definition) is 3. The standard InChI is InChI=1S/C8H16N2O2S/c1-4-12-5-7(11)10(3)6(2)8(9)13/h6H,4-5H2,1-3H3,(H2,9,13). The lowest BCUT2D eigenvalue weighted by atomic mass is 10.3. The molecule has 0 aromatic heterocycles. The van der Waals surface area contributed by atoms with Crippen molar-refractivity contribution in [2.24, 2.45) is 5.73 Å². The van der Waals surface area contributed by atoms with E-state index in [-0.39, 0.29) is 18.6 Å². The summed E-state index contributed by atoms with van der Waals surface area (Å²) in [4.78, 5) is 13.1. The Labute approximate surface area is 84.0 Å². The molecule has 0 bridgehead atoms. The van der Waals surface area contributed by atoms with Crippen molar-refractivity contribution in [1.82, 2.24) is 4.90 Å². The number of thiocarbonyl (C=S) groups is 1. The molecule has 0 saturated carbocycles. The van der Waals surface area contributed by atoms with Gasteiger partial charge in [-0.25, -0.2) is 0 Å². The fourth-order valence-corrected chi connectivity index (χ4v) is 0.856. The predicted octanol–water partition coefficient (Wildman–Crippen LogP) is 0.156. The molecule has 76 valence electrons. The fourth-order valence-electron chi connectivity index (χ4n) is 0.698. The first-order valence-corrected chi connectivity index (χ1v) is 4.54. The highest BCUT2D eigenvalue weighted by molar-refractivity contribution is 7.80. The van der Waals surface area contributed by atoms with E-state index < -0.39 is 0 Å². The smallest absolute Gasteiger partial charge is 0.248 e. The number of carbonyl (C=O) groups excluding carboxylic acids is 1. The van der Waals surface area contributed by atoms with Gasteiger partial charge >= 0.3 is 0 Å². The van der Waals surface area contributed by atoms with Crippen LogP contribution < -0.4 is 5.73 Å². The van der Waals surface area contributed by atoms with Crippen molar-refractivity contribution in [3.8, 4) is 0 Å². The highest BCUT2D eigenvalue weighted by Gasteiger charge is 2.17. The van der Waals surface area contributed by atoms with Gasteiger partial charge in [-0.1, -0.05) is 12.2 Å². The summed E-state index contributed by atoms with van der Waals surface area (Å²) in [5.41, 5.74) is 5.40. The van der Waals surface area contributed by atoms with Crippen molar-refractivity contribution >= 4 is 23.1 Å². The Balaban J connectivity index is 4.01. The molecule has 0 aliphatic heterocycles. The SMILES string of the molecule is CCOCC(=O)N(C)C(C)C(N)=S. The third kappa shape index (κ3) is 4.19. The molecule has 0 heterocycles.